The number of carbonyl (C=O) groups is 1. The Morgan fingerprint density at radius 3 is 3.00 bits per heavy atom. The van der Waals surface area contributed by atoms with Gasteiger partial charge in [-0.3, -0.25) is 4.68 Å². The number of rotatable bonds is 4. The maximum Gasteiger partial charge on any atom is 0.355 e. The molecule has 0 aliphatic heterocycles. The number of aromatic nitrogens is 3. The Kier molecular flexibility index (Phi) is 3.13. The fourth-order valence-corrected chi connectivity index (χ4v) is 1.53. The average Bonchev–Trinajstić information content (AvgIpc) is 2.88. The van der Waals surface area contributed by atoms with Crippen molar-refractivity contribution in [2.45, 2.75) is 6.54 Å². The molecule has 0 unspecified atom stereocenters. The van der Waals surface area contributed by atoms with Crippen molar-refractivity contribution in [2.24, 2.45) is 7.05 Å². The first-order chi connectivity index (χ1) is 8.16. The average molecular weight is 234 g/mol. The zero-order valence-corrected chi connectivity index (χ0v) is 9.54. The third-order valence-electron chi connectivity index (χ3n) is 2.35. The summed E-state index contributed by atoms with van der Waals surface area (Å²) in [6.07, 6.45) is 5.16. The second kappa shape index (κ2) is 4.73. The molecule has 2 heterocycles. The highest BCUT2D eigenvalue weighted by Gasteiger charge is 2.11. The highest BCUT2D eigenvalue weighted by Crippen LogP contribution is 2.09. The summed E-state index contributed by atoms with van der Waals surface area (Å²) < 4.78 is 8.46. The Morgan fingerprint density at radius 2 is 2.41 bits per heavy atom. The normalized spacial score (nSPS) is 10.4. The standard InChI is InChI=1S/C11H14N4O2/c1-14-8-9(12)7-10(14)11(16)17-6-5-15-4-2-3-13-15/h2-4,7-8H,5-6,12H2,1H3. The van der Waals surface area contributed by atoms with E-state index in [9.17, 15) is 4.79 Å². The lowest BCUT2D eigenvalue weighted by atomic mass is 10.4. The summed E-state index contributed by atoms with van der Waals surface area (Å²) in [5, 5.41) is 4.01. The van der Waals surface area contributed by atoms with Crippen LogP contribution in [0.15, 0.2) is 30.7 Å². The highest BCUT2D eigenvalue weighted by molar-refractivity contribution is 5.89. The van der Waals surface area contributed by atoms with Crippen LogP contribution in [0.5, 0.6) is 0 Å². The van der Waals surface area contributed by atoms with Crippen molar-refractivity contribution in [2.75, 3.05) is 12.3 Å². The largest absolute Gasteiger partial charge is 0.459 e. The number of ether oxygens (including phenoxy) is 1. The molecular formula is C11H14N4O2. The summed E-state index contributed by atoms with van der Waals surface area (Å²) in [6, 6.07) is 3.41. The molecule has 2 rings (SSSR count). The molecule has 0 amide bonds. The van der Waals surface area contributed by atoms with Gasteiger partial charge in [0.15, 0.2) is 0 Å². The van der Waals surface area contributed by atoms with Crippen LogP contribution in [0.4, 0.5) is 5.69 Å². The van der Waals surface area contributed by atoms with E-state index in [0.717, 1.165) is 0 Å². The summed E-state index contributed by atoms with van der Waals surface area (Å²) in [4.78, 5) is 11.7. The minimum atomic E-state index is -0.378. The second-order valence-corrected chi connectivity index (χ2v) is 3.67. The third kappa shape index (κ3) is 2.66. The molecule has 2 aromatic heterocycles. The summed E-state index contributed by atoms with van der Waals surface area (Å²) in [6.45, 7) is 0.824. The number of anilines is 1. The molecule has 0 saturated heterocycles. The Hall–Kier alpha value is -2.24. The predicted molar refractivity (Wildman–Crippen MR) is 62.3 cm³/mol. The van der Waals surface area contributed by atoms with Gasteiger partial charge in [0.05, 0.1) is 12.2 Å². The molecule has 0 bridgehead atoms. The van der Waals surface area contributed by atoms with E-state index >= 15 is 0 Å². The lowest BCUT2D eigenvalue weighted by Crippen LogP contribution is -2.14. The molecule has 0 aliphatic carbocycles. The molecule has 0 atom stereocenters. The van der Waals surface area contributed by atoms with E-state index < -0.39 is 0 Å². The van der Waals surface area contributed by atoms with Gasteiger partial charge in [0.25, 0.3) is 0 Å². The van der Waals surface area contributed by atoms with Crippen molar-refractivity contribution in [3.8, 4) is 0 Å². The molecule has 2 aromatic rings. The summed E-state index contributed by atoms with van der Waals surface area (Å²) in [5.74, 6) is -0.378. The van der Waals surface area contributed by atoms with E-state index in [-0.39, 0.29) is 12.6 Å². The first kappa shape index (κ1) is 11.3. The summed E-state index contributed by atoms with van der Waals surface area (Å²) >= 11 is 0. The number of hydrogen-bond donors (Lipinski definition) is 1. The number of esters is 1. The Balaban J connectivity index is 1.87. The van der Waals surface area contributed by atoms with Crippen LogP contribution in [0.3, 0.4) is 0 Å². The van der Waals surface area contributed by atoms with Gasteiger partial charge in [0.1, 0.15) is 12.3 Å². The van der Waals surface area contributed by atoms with Gasteiger partial charge in [0, 0.05) is 25.6 Å². The third-order valence-corrected chi connectivity index (χ3v) is 2.35. The zero-order chi connectivity index (χ0) is 12.3. The van der Waals surface area contributed by atoms with Crippen molar-refractivity contribution in [1.29, 1.82) is 0 Å². The highest BCUT2D eigenvalue weighted by atomic mass is 16.5. The maximum absolute atomic E-state index is 11.7. The van der Waals surface area contributed by atoms with Gasteiger partial charge >= 0.3 is 5.97 Å². The fourth-order valence-electron chi connectivity index (χ4n) is 1.53. The van der Waals surface area contributed by atoms with Gasteiger partial charge in [0.2, 0.25) is 0 Å². The molecule has 6 nitrogen and oxygen atoms in total. The van der Waals surface area contributed by atoms with Crippen molar-refractivity contribution in [3.05, 3.63) is 36.4 Å². The first-order valence-corrected chi connectivity index (χ1v) is 5.23. The molecule has 17 heavy (non-hydrogen) atoms. The van der Waals surface area contributed by atoms with Crippen LogP contribution < -0.4 is 5.73 Å². The Labute approximate surface area is 98.6 Å². The molecule has 0 radical (unpaired) electrons. The molecule has 90 valence electrons. The topological polar surface area (TPSA) is 75.1 Å². The van der Waals surface area contributed by atoms with E-state index in [0.29, 0.717) is 17.9 Å². The van der Waals surface area contributed by atoms with E-state index in [2.05, 4.69) is 5.10 Å². The molecule has 0 saturated carbocycles. The van der Waals surface area contributed by atoms with Crippen LogP contribution in [0.1, 0.15) is 10.5 Å². The summed E-state index contributed by atoms with van der Waals surface area (Å²) in [5.41, 5.74) is 6.58. The Morgan fingerprint density at radius 1 is 1.59 bits per heavy atom. The molecule has 2 N–H and O–H groups in total. The number of aryl methyl sites for hydroxylation is 1. The number of nitrogens with zero attached hydrogens (tertiary/aromatic N) is 3. The quantitative estimate of drug-likeness (QED) is 0.788. The monoisotopic (exact) mass is 234 g/mol. The van der Waals surface area contributed by atoms with Crippen LogP contribution in [0.2, 0.25) is 0 Å². The van der Waals surface area contributed by atoms with Crippen LogP contribution in [0, 0.1) is 0 Å². The van der Waals surface area contributed by atoms with Gasteiger partial charge in [-0.1, -0.05) is 0 Å². The van der Waals surface area contributed by atoms with Gasteiger partial charge in [-0.25, -0.2) is 4.79 Å². The lowest BCUT2D eigenvalue weighted by Gasteiger charge is -2.05. The second-order valence-electron chi connectivity index (χ2n) is 3.67. The first-order valence-electron chi connectivity index (χ1n) is 5.23. The molecule has 0 aliphatic rings. The van der Waals surface area contributed by atoms with Crippen molar-refractivity contribution in [3.63, 3.8) is 0 Å². The molecule has 6 heteroatoms. The molecule has 0 aromatic carbocycles. The lowest BCUT2D eigenvalue weighted by molar-refractivity contribution is 0.0476. The van der Waals surface area contributed by atoms with E-state index in [4.69, 9.17) is 10.5 Å². The van der Waals surface area contributed by atoms with Crippen molar-refractivity contribution in [1.82, 2.24) is 14.3 Å². The van der Waals surface area contributed by atoms with Gasteiger partial charge in [-0.2, -0.15) is 5.10 Å². The number of nitrogen functional groups attached to an aromatic ring is 1. The van der Waals surface area contributed by atoms with Crippen LogP contribution >= 0.6 is 0 Å². The molecule has 0 spiro atoms. The number of nitrogens with two attached hydrogens (primary N) is 1. The maximum atomic E-state index is 11.7. The zero-order valence-electron chi connectivity index (χ0n) is 9.54. The van der Waals surface area contributed by atoms with Gasteiger partial charge in [-0.05, 0) is 12.1 Å². The molecule has 0 fully saturated rings. The van der Waals surface area contributed by atoms with Gasteiger partial charge < -0.3 is 15.0 Å². The van der Waals surface area contributed by atoms with E-state index in [1.807, 2.05) is 12.3 Å². The van der Waals surface area contributed by atoms with Crippen molar-refractivity contribution < 1.29 is 9.53 Å². The van der Waals surface area contributed by atoms with E-state index in [1.54, 1.807) is 34.8 Å². The summed E-state index contributed by atoms with van der Waals surface area (Å²) in [7, 11) is 1.75. The van der Waals surface area contributed by atoms with Crippen molar-refractivity contribution >= 4 is 11.7 Å². The fraction of sp³-hybridized carbons (Fsp3) is 0.273. The smallest absolute Gasteiger partial charge is 0.355 e. The van der Waals surface area contributed by atoms with Crippen LogP contribution in [-0.2, 0) is 18.3 Å². The minimum absolute atomic E-state index is 0.283. The Bertz CT molecular complexity index is 502. The SMILES string of the molecule is Cn1cc(N)cc1C(=O)OCCn1cccn1. The molecular weight excluding hydrogens is 220 g/mol. The number of hydrogen-bond acceptors (Lipinski definition) is 4. The van der Waals surface area contributed by atoms with Gasteiger partial charge in [-0.15, -0.1) is 0 Å². The van der Waals surface area contributed by atoms with E-state index in [1.165, 1.54) is 0 Å². The van der Waals surface area contributed by atoms with Crippen LogP contribution in [-0.4, -0.2) is 26.9 Å². The van der Waals surface area contributed by atoms with Crippen LogP contribution in [0.25, 0.3) is 0 Å². The number of carbonyl (C=O) groups excluding carboxylic acids is 1. The predicted octanol–water partition coefficient (Wildman–Crippen LogP) is 0.661. The minimum Gasteiger partial charge on any atom is -0.459 e.